The molecule has 1 aliphatic rings. The number of piperazine rings is 1. The van der Waals surface area contributed by atoms with E-state index in [9.17, 15) is 4.79 Å². The quantitative estimate of drug-likeness (QED) is 0.633. The van der Waals surface area contributed by atoms with Crippen LogP contribution in [0.1, 0.15) is 25.0 Å². The molecule has 1 fully saturated rings. The van der Waals surface area contributed by atoms with Gasteiger partial charge in [0.05, 0.1) is 19.8 Å². The van der Waals surface area contributed by atoms with Crippen LogP contribution in [0.15, 0.2) is 42.5 Å². The monoisotopic (exact) mass is 425 g/mol. The maximum absolute atomic E-state index is 12.4. The standard InChI is InChI=1S/C25H35N3O3/c1-4-30-23-11-10-21(18-24(23)31-5-2)12-13-26-25(29)19-27-14-16-28(17-15-27)22-9-7-6-8-20(22)3/h6-11,18H,4-5,12-17,19H2,1-3H3,(H,26,29). The summed E-state index contributed by atoms with van der Waals surface area (Å²) in [6.45, 7) is 12.0. The van der Waals surface area contributed by atoms with Gasteiger partial charge in [-0.3, -0.25) is 9.69 Å². The maximum Gasteiger partial charge on any atom is 0.234 e. The van der Waals surface area contributed by atoms with E-state index in [1.54, 1.807) is 0 Å². The molecule has 0 spiro atoms. The van der Waals surface area contributed by atoms with Gasteiger partial charge in [0, 0.05) is 38.4 Å². The first-order chi connectivity index (χ1) is 15.1. The molecule has 1 aliphatic heterocycles. The van der Waals surface area contributed by atoms with Crippen molar-refractivity contribution in [3.05, 3.63) is 53.6 Å². The van der Waals surface area contributed by atoms with Crippen LogP contribution in [0.5, 0.6) is 11.5 Å². The number of nitrogens with zero attached hydrogens (tertiary/aromatic N) is 2. The van der Waals surface area contributed by atoms with E-state index in [0.29, 0.717) is 26.3 Å². The number of anilines is 1. The van der Waals surface area contributed by atoms with Crippen LogP contribution in [0.25, 0.3) is 0 Å². The van der Waals surface area contributed by atoms with E-state index in [0.717, 1.165) is 49.7 Å². The molecule has 2 aromatic rings. The zero-order valence-electron chi connectivity index (χ0n) is 19.0. The van der Waals surface area contributed by atoms with Crippen molar-refractivity contribution in [2.45, 2.75) is 27.2 Å². The molecule has 0 atom stereocenters. The number of nitrogens with one attached hydrogen (secondary N) is 1. The molecule has 0 unspecified atom stereocenters. The van der Waals surface area contributed by atoms with Crippen LogP contribution in [0.4, 0.5) is 5.69 Å². The van der Waals surface area contributed by atoms with Gasteiger partial charge in [-0.1, -0.05) is 24.3 Å². The summed E-state index contributed by atoms with van der Waals surface area (Å²) in [7, 11) is 0. The highest BCUT2D eigenvalue weighted by Crippen LogP contribution is 2.28. The van der Waals surface area contributed by atoms with Crippen LogP contribution < -0.4 is 19.7 Å². The number of carbonyl (C=O) groups excluding carboxylic acids is 1. The van der Waals surface area contributed by atoms with Crippen LogP contribution in [0.3, 0.4) is 0 Å². The van der Waals surface area contributed by atoms with Crippen molar-refractivity contribution < 1.29 is 14.3 Å². The Hall–Kier alpha value is -2.73. The SMILES string of the molecule is CCOc1ccc(CCNC(=O)CN2CCN(c3ccccc3C)CC2)cc1OCC. The molecule has 0 aromatic heterocycles. The number of para-hydroxylation sites is 1. The lowest BCUT2D eigenvalue weighted by Gasteiger charge is -2.36. The van der Waals surface area contributed by atoms with Crippen LogP contribution in [0, 0.1) is 6.92 Å². The third-order valence-electron chi connectivity index (χ3n) is 5.54. The fraction of sp³-hybridized carbons (Fsp3) is 0.480. The second kappa shape index (κ2) is 11.6. The number of aryl methyl sites for hydroxylation is 1. The second-order valence-electron chi connectivity index (χ2n) is 7.80. The Morgan fingerprint density at radius 2 is 1.68 bits per heavy atom. The predicted molar refractivity (Wildman–Crippen MR) is 125 cm³/mol. The van der Waals surface area contributed by atoms with Gasteiger partial charge < -0.3 is 19.7 Å². The summed E-state index contributed by atoms with van der Waals surface area (Å²) in [5.41, 5.74) is 3.72. The molecule has 1 saturated heterocycles. The fourth-order valence-corrected chi connectivity index (χ4v) is 3.92. The minimum Gasteiger partial charge on any atom is -0.490 e. The van der Waals surface area contributed by atoms with E-state index in [1.807, 2.05) is 32.0 Å². The summed E-state index contributed by atoms with van der Waals surface area (Å²) in [6.07, 6.45) is 0.763. The molecule has 0 saturated carbocycles. The van der Waals surface area contributed by atoms with Gasteiger partial charge >= 0.3 is 0 Å². The predicted octanol–water partition coefficient (Wildman–Crippen LogP) is 3.27. The van der Waals surface area contributed by atoms with Gasteiger partial charge in [-0.25, -0.2) is 0 Å². The average molecular weight is 426 g/mol. The number of rotatable bonds is 10. The molecule has 0 radical (unpaired) electrons. The molecule has 0 aliphatic carbocycles. The molecule has 1 amide bonds. The largest absolute Gasteiger partial charge is 0.490 e. The first-order valence-electron chi connectivity index (χ1n) is 11.3. The Kier molecular flexibility index (Phi) is 8.59. The van der Waals surface area contributed by atoms with E-state index in [4.69, 9.17) is 9.47 Å². The fourth-order valence-electron chi connectivity index (χ4n) is 3.92. The van der Waals surface area contributed by atoms with Crippen LogP contribution in [-0.4, -0.2) is 63.3 Å². The molecule has 31 heavy (non-hydrogen) atoms. The summed E-state index contributed by atoms with van der Waals surface area (Å²) < 4.78 is 11.3. The van der Waals surface area contributed by atoms with Crippen molar-refractivity contribution in [1.29, 1.82) is 0 Å². The number of amides is 1. The number of hydrogen-bond donors (Lipinski definition) is 1. The molecular formula is C25H35N3O3. The summed E-state index contributed by atoms with van der Waals surface area (Å²) >= 11 is 0. The molecule has 2 aromatic carbocycles. The van der Waals surface area contributed by atoms with Gasteiger partial charge in [-0.2, -0.15) is 0 Å². The minimum absolute atomic E-state index is 0.0836. The Balaban J connectivity index is 1.41. The van der Waals surface area contributed by atoms with Crippen molar-refractivity contribution in [1.82, 2.24) is 10.2 Å². The molecule has 6 nitrogen and oxygen atoms in total. The number of hydrogen-bond acceptors (Lipinski definition) is 5. The smallest absolute Gasteiger partial charge is 0.234 e. The zero-order valence-corrected chi connectivity index (χ0v) is 19.0. The summed E-state index contributed by atoms with van der Waals surface area (Å²) in [6, 6.07) is 14.5. The first kappa shape index (κ1) is 22.9. The third kappa shape index (κ3) is 6.62. The summed E-state index contributed by atoms with van der Waals surface area (Å²) in [4.78, 5) is 17.0. The Labute approximate surface area is 186 Å². The molecule has 3 rings (SSSR count). The van der Waals surface area contributed by atoms with Crippen molar-refractivity contribution in [3.8, 4) is 11.5 Å². The molecule has 0 bridgehead atoms. The van der Waals surface area contributed by atoms with Crippen molar-refractivity contribution in [3.63, 3.8) is 0 Å². The number of benzene rings is 2. The Morgan fingerprint density at radius 3 is 2.39 bits per heavy atom. The highest BCUT2D eigenvalue weighted by atomic mass is 16.5. The second-order valence-corrected chi connectivity index (χ2v) is 7.80. The van der Waals surface area contributed by atoms with Crippen molar-refractivity contribution in [2.24, 2.45) is 0 Å². The molecule has 1 heterocycles. The van der Waals surface area contributed by atoms with Gasteiger partial charge in [0.1, 0.15) is 0 Å². The van der Waals surface area contributed by atoms with E-state index in [1.165, 1.54) is 11.3 Å². The molecule has 168 valence electrons. The Morgan fingerprint density at radius 1 is 0.968 bits per heavy atom. The number of carbonyl (C=O) groups is 1. The van der Waals surface area contributed by atoms with E-state index in [2.05, 4.69) is 46.3 Å². The van der Waals surface area contributed by atoms with Gasteiger partial charge in [-0.15, -0.1) is 0 Å². The average Bonchev–Trinajstić information content (AvgIpc) is 2.77. The van der Waals surface area contributed by atoms with Crippen molar-refractivity contribution >= 4 is 11.6 Å². The zero-order chi connectivity index (χ0) is 22.1. The normalized spacial score (nSPS) is 14.4. The maximum atomic E-state index is 12.4. The van der Waals surface area contributed by atoms with Crippen LogP contribution in [-0.2, 0) is 11.2 Å². The van der Waals surface area contributed by atoms with E-state index < -0.39 is 0 Å². The lowest BCUT2D eigenvalue weighted by atomic mass is 10.1. The van der Waals surface area contributed by atoms with Crippen molar-refractivity contribution in [2.75, 3.05) is 57.4 Å². The number of ether oxygens (including phenoxy) is 2. The van der Waals surface area contributed by atoms with Gasteiger partial charge in [0.2, 0.25) is 5.91 Å². The Bertz CT molecular complexity index is 848. The summed E-state index contributed by atoms with van der Waals surface area (Å²) in [5.74, 6) is 1.61. The van der Waals surface area contributed by atoms with Gasteiger partial charge in [0.15, 0.2) is 11.5 Å². The van der Waals surface area contributed by atoms with Gasteiger partial charge in [-0.05, 0) is 56.5 Å². The third-order valence-corrected chi connectivity index (χ3v) is 5.54. The summed E-state index contributed by atoms with van der Waals surface area (Å²) in [5, 5.41) is 3.06. The molecule has 1 N–H and O–H groups in total. The van der Waals surface area contributed by atoms with E-state index in [-0.39, 0.29) is 5.91 Å². The highest BCUT2D eigenvalue weighted by Gasteiger charge is 2.19. The van der Waals surface area contributed by atoms with Gasteiger partial charge in [0.25, 0.3) is 0 Å². The topological polar surface area (TPSA) is 54.0 Å². The minimum atomic E-state index is 0.0836. The lowest BCUT2D eigenvalue weighted by molar-refractivity contribution is -0.122. The van der Waals surface area contributed by atoms with E-state index >= 15 is 0 Å². The van der Waals surface area contributed by atoms with Crippen LogP contribution in [0.2, 0.25) is 0 Å². The van der Waals surface area contributed by atoms with Crippen LogP contribution >= 0.6 is 0 Å². The molecule has 6 heteroatoms. The molecular weight excluding hydrogens is 390 g/mol. The first-order valence-corrected chi connectivity index (χ1v) is 11.3. The highest BCUT2D eigenvalue weighted by molar-refractivity contribution is 5.78. The lowest BCUT2D eigenvalue weighted by Crippen LogP contribution is -2.49.